The molecular formula is C24H29FN2O2. The Morgan fingerprint density at radius 3 is 2.31 bits per heavy atom. The molecule has 154 valence electrons. The van der Waals surface area contributed by atoms with Crippen molar-refractivity contribution in [2.24, 2.45) is 0 Å². The second kappa shape index (κ2) is 10.2. The summed E-state index contributed by atoms with van der Waals surface area (Å²) in [6.07, 6.45) is 4.97. The first-order valence-electron chi connectivity index (χ1n) is 10.4. The van der Waals surface area contributed by atoms with Gasteiger partial charge in [-0.05, 0) is 42.5 Å². The SMILES string of the molecule is CC[C@H](C(=O)NC1CCCC1)N(Cc1ccccc1)C(=O)Cc1ccc(F)cc1. The van der Waals surface area contributed by atoms with Crippen LogP contribution in [-0.2, 0) is 22.6 Å². The summed E-state index contributed by atoms with van der Waals surface area (Å²) < 4.78 is 13.2. The first-order chi connectivity index (χ1) is 14.1. The molecule has 0 spiro atoms. The Bertz CT molecular complexity index is 801. The number of benzene rings is 2. The highest BCUT2D eigenvalue weighted by Gasteiger charge is 2.30. The van der Waals surface area contributed by atoms with E-state index in [2.05, 4.69) is 5.32 Å². The monoisotopic (exact) mass is 396 g/mol. The maximum atomic E-state index is 13.2. The quantitative estimate of drug-likeness (QED) is 0.726. The van der Waals surface area contributed by atoms with Crippen LogP contribution in [0.3, 0.4) is 0 Å². The van der Waals surface area contributed by atoms with Gasteiger partial charge in [-0.15, -0.1) is 0 Å². The largest absolute Gasteiger partial charge is 0.352 e. The molecule has 4 nitrogen and oxygen atoms in total. The standard InChI is InChI=1S/C24H29FN2O2/c1-2-22(24(29)26-21-10-6-7-11-21)27(17-19-8-4-3-5-9-19)23(28)16-18-12-14-20(25)15-13-18/h3-5,8-9,12-15,21-22H,2,6-7,10-11,16-17H2,1H3,(H,26,29)/t22-/m1/s1. The molecule has 5 heteroatoms. The van der Waals surface area contributed by atoms with E-state index < -0.39 is 6.04 Å². The molecule has 2 aromatic rings. The lowest BCUT2D eigenvalue weighted by Gasteiger charge is -2.31. The van der Waals surface area contributed by atoms with Crippen LogP contribution in [0.1, 0.15) is 50.2 Å². The molecule has 1 saturated carbocycles. The van der Waals surface area contributed by atoms with Crippen molar-refractivity contribution < 1.29 is 14.0 Å². The average molecular weight is 397 g/mol. The van der Waals surface area contributed by atoms with Crippen LogP contribution in [0.15, 0.2) is 54.6 Å². The Balaban J connectivity index is 1.78. The number of hydrogen-bond donors (Lipinski definition) is 1. The van der Waals surface area contributed by atoms with Crippen molar-refractivity contribution in [2.75, 3.05) is 0 Å². The van der Waals surface area contributed by atoms with Crippen molar-refractivity contribution in [1.29, 1.82) is 0 Å². The Kier molecular flexibility index (Phi) is 7.39. The van der Waals surface area contributed by atoms with E-state index >= 15 is 0 Å². The van der Waals surface area contributed by atoms with Gasteiger partial charge in [0.25, 0.3) is 0 Å². The van der Waals surface area contributed by atoms with Crippen LogP contribution in [0.25, 0.3) is 0 Å². The van der Waals surface area contributed by atoms with Crippen LogP contribution in [0, 0.1) is 5.82 Å². The Morgan fingerprint density at radius 2 is 1.69 bits per heavy atom. The van der Waals surface area contributed by atoms with Gasteiger partial charge in [0, 0.05) is 12.6 Å². The first kappa shape index (κ1) is 21.0. The highest BCUT2D eigenvalue weighted by Crippen LogP contribution is 2.20. The smallest absolute Gasteiger partial charge is 0.243 e. The van der Waals surface area contributed by atoms with Crippen LogP contribution in [0.5, 0.6) is 0 Å². The summed E-state index contributed by atoms with van der Waals surface area (Å²) >= 11 is 0. The maximum Gasteiger partial charge on any atom is 0.243 e. The van der Waals surface area contributed by atoms with Gasteiger partial charge in [0.2, 0.25) is 11.8 Å². The van der Waals surface area contributed by atoms with E-state index in [9.17, 15) is 14.0 Å². The van der Waals surface area contributed by atoms with Crippen LogP contribution in [0.4, 0.5) is 4.39 Å². The van der Waals surface area contributed by atoms with Crippen LogP contribution in [0.2, 0.25) is 0 Å². The molecule has 3 rings (SSSR count). The van der Waals surface area contributed by atoms with Crippen molar-refractivity contribution in [3.05, 3.63) is 71.5 Å². The van der Waals surface area contributed by atoms with Crippen molar-refractivity contribution >= 4 is 11.8 Å². The number of rotatable bonds is 8. The summed E-state index contributed by atoms with van der Waals surface area (Å²) in [5, 5.41) is 3.14. The third-order valence-electron chi connectivity index (χ3n) is 5.55. The average Bonchev–Trinajstić information content (AvgIpc) is 3.23. The van der Waals surface area contributed by atoms with Crippen LogP contribution >= 0.6 is 0 Å². The zero-order valence-electron chi connectivity index (χ0n) is 16.9. The molecule has 1 N–H and O–H groups in total. The normalized spacial score (nSPS) is 15.1. The van der Waals surface area contributed by atoms with Gasteiger partial charge < -0.3 is 10.2 Å². The van der Waals surface area contributed by atoms with E-state index in [1.54, 1.807) is 17.0 Å². The fourth-order valence-electron chi connectivity index (χ4n) is 3.95. The molecule has 1 atom stereocenters. The van der Waals surface area contributed by atoms with Gasteiger partial charge in [-0.25, -0.2) is 4.39 Å². The van der Waals surface area contributed by atoms with Gasteiger partial charge in [0.1, 0.15) is 11.9 Å². The van der Waals surface area contributed by atoms with E-state index in [1.165, 1.54) is 12.1 Å². The van der Waals surface area contributed by atoms with Crippen LogP contribution < -0.4 is 5.32 Å². The molecule has 29 heavy (non-hydrogen) atoms. The summed E-state index contributed by atoms with van der Waals surface area (Å²) in [5.74, 6) is -0.540. The van der Waals surface area contributed by atoms with Crippen molar-refractivity contribution in [2.45, 2.75) is 64.1 Å². The number of nitrogens with zero attached hydrogens (tertiary/aromatic N) is 1. The Morgan fingerprint density at radius 1 is 1.03 bits per heavy atom. The predicted molar refractivity (Wildman–Crippen MR) is 112 cm³/mol. The lowest BCUT2D eigenvalue weighted by molar-refractivity contribution is -0.141. The highest BCUT2D eigenvalue weighted by atomic mass is 19.1. The van der Waals surface area contributed by atoms with E-state index in [0.29, 0.717) is 13.0 Å². The van der Waals surface area contributed by atoms with Crippen molar-refractivity contribution in [3.63, 3.8) is 0 Å². The fraction of sp³-hybridized carbons (Fsp3) is 0.417. The lowest BCUT2D eigenvalue weighted by Crippen LogP contribution is -2.51. The number of carbonyl (C=O) groups is 2. The molecule has 2 amide bonds. The van der Waals surface area contributed by atoms with Gasteiger partial charge in [-0.3, -0.25) is 9.59 Å². The number of halogens is 1. The number of carbonyl (C=O) groups excluding carboxylic acids is 2. The zero-order valence-corrected chi connectivity index (χ0v) is 16.9. The molecule has 0 bridgehead atoms. The van der Waals surface area contributed by atoms with Gasteiger partial charge >= 0.3 is 0 Å². The predicted octanol–water partition coefficient (Wildman–Crippen LogP) is 4.23. The minimum atomic E-state index is -0.524. The topological polar surface area (TPSA) is 49.4 Å². The molecule has 0 radical (unpaired) electrons. The van der Waals surface area contributed by atoms with E-state index in [-0.39, 0.29) is 30.1 Å². The van der Waals surface area contributed by atoms with Gasteiger partial charge in [-0.1, -0.05) is 62.2 Å². The van der Waals surface area contributed by atoms with Gasteiger partial charge in [-0.2, -0.15) is 0 Å². The van der Waals surface area contributed by atoms with E-state index in [4.69, 9.17) is 0 Å². The van der Waals surface area contributed by atoms with Crippen molar-refractivity contribution in [3.8, 4) is 0 Å². The molecule has 2 aromatic carbocycles. The third-order valence-corrected chi connectivity index (χ3v) is 5.55. The first-order valence-corrected chi connectivity index (χ1v) is 10.4. The maximum absolute atomic E-state index is 13.2. The molecule has 0 saturated heterocycles. The summed E-state index contributed by atoms with van der Waals surface area (Å²) in [7, 11) is 0. The van der Waals surface area contributed by atoms with Gasteiger partial charge in [0.15, 0.2) is 0 Å². The highest BCUT2D eigenvalue weighted by molar-refractivity contribution is 5.88. The number of nitrogens with one attached hydrogen (secondary N) is 1. The van der Waals surface area contributed by atoms with Gasteiger partial charge in [0.05, 0.1) is 6.42 Å². The van der Waals surface area contributed by atoms with Crippen LogP contribution in [-0.4, -0.2) is 28.8 Å². The lowest BCUT2D eigenvalue weighted by atomic mass is 10.1. The number of hydrogen-bond acceptors (Lipinski definition) is 2. The second-order valence-electron chi connectivity index (χ2n) is 7.72. The molecule has 1 aliphatic rings. The molecule has 0 unspecified atom stereocenters. The summed E-state index contributed by atoms with van der Waals surface area (Å²) in [6.45, 7) is 2.31. The summed E-state index contributed by atoms with van der Waals surface area (Å²) in [6, 6.07) is 15.3. The Labute approximate surface area is 172 Å². The van der Waals surface area contributed by atoms with E-state index in [0.717, 1.165) is 36.8 Å². The summed E-state index contributed by atoms with van der Waals surface area (Å²) in [4.78, 5) is 27.9. The Hall–Kier alpha value is -2.69. The third kappa shape index (κ3) is 5.89. The molecule has 1 aliphatic carbocycles. The molecular weight excluding hydrogens is 367 g/mol. The molecule has 0 heterocycles. The number of amides is 2. The van der Waals surface area contributed by atoms with E-state index in [1.807, 2.05) is 37.3 Å². The second-order valence-corrected chi connectivity index (χ2v) is 7.72. The molecule has 1 fully saturated rings. The summed E-state index contributed by atoms with van der Waals surface area (Å²) in [5.41, 5.74) is 1.72. The van der Waals surface area contributed by atoms with Crippen molar-refractivity contribution in [1.82, 2.24) is 10.2 Å². The molecule has 0 aliphatic heterocycles. The zero-order chi connectivity index (χ0) is 20.6. The molecule has 0 aromatic heterocycles. The minimum Gasteiger partial charge on any atom is -0.352 e. The minimum absolute atomic E-state index is 0.0808. The fourth-order valence-corrected chi connectivity index (χ4v) is 3.95.